The maximum absolute atomic E-state index is 12.5. The van der Waals surface area contributed by atoms with Crippen LogP contribution in [0.1, 0.15) is 23.9 Å². The van der Waals surface area contributed by atoms with E-state index < -0.39 is 47.7 Å². The van der Waals surface area contributed by atoms with Crippen molar-refractivity contribution in [2.45, 2.75) is 32.2 Å². The molecule has 0 fully saturated rings. The SMILES string of the molecule is COC(=O)C(Cc1noc(C)c1CC(NC(C)=O)(C(=O)OC)C(=O)OC)C(=O)OC. The fourth-order valence-corrected chi connectivity index (χ4v) is 2.85. The third-order valence-corrected chi connectivity index (χ3v) is 4.33. The van der Waals surface area contributed by atoms with Crippen molar-refractivity contribution in [2.24, 2.45) is 5.92 Å². The predicted molar refractivity (Wildman–Crippen MR) is 96.7 cm³/mol. The van der Waals surface area contributed by atoms with E-state index in [1.54, 1.807) is 0 Å². The summed E-state index contributed by atoms with van der Waals surface area (Å²) in [6.07, 6.45) is -0.768. The van der Waals surface area contributed by atoms with E-state index in [4.69, 9.17) is 14.0 Å². The number of carbonyl (C=O) groups excluding carboxylic acids is 5. The van der Waals surface area contributed by atoms with Crippen LogP contribution in [-0.2, 0) is 55.8 Å². The highest BCUT2D eigenvalue weighted by molar-refractivity contribution is 6.08. The van der Waals surface area contributed by atoms with Crippen molar-refractivity contribution in [3.05, 3.63) is 17.0 Å². The van der Waals surface area contributed by atoms with Gasteiger partial charge in [-0.15, -0.1) is 0 Å². The van der Waals surface area contributed by atoms with Gasteiger partial charge in [0.25, 0.3) is 0 Å². The molecule has 12 nitrogen and oxygen atoms in total. The number of nitrogens with one attached hydrogen (secondary N) is 1. The van der Waals surface area contributed by atoms with Crippen LogP contribution in [0.15, 0.2) is 4.52 Å². The lowest BCUT2D eigenvalue weighted by molar-refractivity contribution is -0.165. The summed E-state index contributed by atoms with van der Waals surface area (Å²) in [6.45, 7) is 2.59. The highest BCUT2D eigenvalue weighted by Crippen LogP contribution is 2.25. The lowest BCUT2D eigenvalue weighted by Gasteiger charge is -2.28. The van der Waals surface area contributed by atoms with Gasteiger partial charge in [-0.05, 0) is 6.92 Å². The van der Waals surface area contributed by atoms with Gasteiger partial charge in [0.1, 0.15) is 5.76 Å². The predicted octanol–water partition coefficient (Wildman–Crippen LogP) is -0.749. The molecule has 12 heteroatoms. The molecule has 30 heavy (non-hydrogen) atoms. The number of methoxy groups -OCH3 is 4. The molecular weight excluding hydrogens is 404 g/mol. The molecule has 0 saturated carbocycles. The Morgan fingerprint density at radius 3 is 1.87 bits per heavy atom. The molecule has 1 aromatic rings. The summed E-state index contributed by atoms with van der Waals surface area (Å²) in [7, 11) is 4.27. The number of aryl methyl sites for hydroxylation is 1. The maximum atomic E-state index is 12.5. The summed E-state index contributed by atoms with van der Waals surface area (Å²) in [5, 5.41) is 6.08. The third kappa shape index (κ3) is 5.13. The molecule has 1 aromatic heterocycles. The molecule has 1 amide bonds. The Labute approximate surface area is 172 Å². The Morgan fingerprint density at radius 2 is 1.47 bits per heavy atom. The van der Waals surface area contributed by atoms with Crippen molar-refractivity contribution >= 4 is 29.8 Å². The Bertz CT molecular complexity index is 797. The second kappa shape index (κ2) is 10.4. The first-order chi connectivity index (χ1) is 14.1. The molecule has 0 aromatic carbocycles. The standard InChI is InChI=1S/C18H24N2O10/c1-9-12(8-18(16(24)28-5,17(25)29-6)19-10(2)21)13(20-30-9)7-11(14(22)26-3)15(23)27-4/h11H,7-8H2,1-6H3,(H,19,21). The normalized spacial score (nSPS) is 10.9. The lowest BCUT2D eigenvalue weighted by Crippen LogP contribution is -2.62. The molecule has 0 atom stereocenters. The number of rotatable bonds is 9. The van der Waals surface area contributed by atoms with Gasteiger partial charge in [-0.25, -0.2) is 9.59 Å². The molecule has 166 valence electrons. The number of hydrogen-bond acceptors (Lipinski definition) is 11. The van der Waals surface area contributed by atoms with E-state index in [-0.39, 0.29) is 23.4 Å². The van der Waals surface area contributed by atoms with E-state index in [1.165, 1.54) is 6.92 Å². The van der Waals surface area contributed by atoms with Gasteiger partial charge in [-0.3, -0.25) is 14.4 Å². The summed E-state index contributed by atoms with van der Waals surface area (Å²) in [5.74, 6) is -5.81. The highest BCUT2D eigenvalue weighted by atomic mass is 16.6. The van der Waals surface area contributed by atoms with Gasteiger partial charge in [0.05, 0.1) is 34.1 Å². The molecule has 0 bridgehead atoms. The first-order valence-corrected chi connectivity index (χ1v) is 8.63. The highest BCUT2D eigenvalue weighted by Gasteiger charge is 2.51. The van der Waals surface area contributed by atoms with Crippen LogP contribution >= 0.6 is 0 Å². The van der Waals surface area contributed by atoms with Crippen LogP contribution in [0.3, 0.4) is 0 Å². The third-order valence-electron chi connectivity index (χ3n) is 4.33. The number of amides is 1. The van der Waals surface area contributed by atoms with E-state index in [2.05, 4.69) is 19.9 Å². The summed E-state index contributed by atoms with van der Waals surface area (Å²) >= 11 is 0. The van der Waals surface area contributed by atoms with Crippen molar-refractivity contribution in [3.8, 4) is 0 Å². The molecule has 0 saturated heterocycles. The fraction of sp³-hybridized carbons (Fsp3) is 0.556. The zero-order valence-corrected chi connectivity index (χ0v) is 17.5. The second-order valence-corrected chi connectivity index (χ2v) is 6.21. The minimum absolute atomic E-state index is 0.0795. The molecular formula is C18H24N2O10. The number of ether oxygens (including phenoxy) is 4. The quantitative estimate of drug-likeness (QED) is 0.299. The van der Waals surface area contributed by atoms with Gasteiger partial charge >= 0.3 is 23.9 Å². The van der Waals surface area contributed by atoms with Crippen molar-refractivity contribution in [2.75, 3.05) is 28.4 Å². The van der Waals surface area contributed by atoms with Gasteiger partial charge in [0.15, 0.2) is 5.92 Å². The van der Waals surface area contributed by atoms with Crippen molar-refractivity contribution in [1.82, 2.24) is 10.5 Å². The van der Waals surface area contributed by atoms with E-state index in [9.17, 15) is 24.0 Å². The van der Waals surface area contributed by atoms with Crippen LogP contribution in [0, 0.1) is 12.8 Å². The Morgan fingerprint density at radius 1 is 0.967 bits per heavy atom. The van der Waals surface area contributed by atoms with Crippen LogP contribution in [0.5, 0.6) is 0 Å². The van der Waals surface area contributed by atoms with Crippen LogP contribution in [-0.4, -0.2) is 68.9 Å². The molecule has 0 aliphatic carbocycles. The van der Waals surface area contributed by atoms with Crippen LogP contribution in [0.2, 0.25) is 0 Å². The molecule has 0 aliphatic heterocycles. The number of carbonyl (C=O) groups is 5. The summed E-state index contributed by atoms with van der Waals surface area (Å²) in [4.78, 5) is 60.7. The smallest absolute Gasteiger partial charge is 0.343 e. The minimum atomic E-state index is -2.24. The number of nitrogens with zero attached hydrogens (tertiary/aromatic N) is 1. The second-order valence-electron chi connectivity index (χ2n) is 6.21. The average molecular weight is 428 g/mol. The molecule has 0 unspecified atom stereocenters. The van der Waals surface area contributed by atoms with Crippen molar-refractivity contribution in [3.63, 3.8) is 0 Å². The molecule has 0 spiro atoms. The Kier molecular flexibility index (Phi) is 8.50. The largest absolute Gasteiger partial charge is 0.468 e. The number of hydrogen-bond donors (Lipinski definition) is 1. The van der Waals surface area contributed by atoms with E-state index in [0.717, 1.165) is 35.4 Å². The number of esters is 4. The fourth-order valence-electron chi connectivity index (χ4n) is 2.85. The van der Waals surface area contributed by atoms with Crippen LogP contribution in [0.25, 0.3) is 0 Å². The summed E-state index contributed by atoms with van der Waals surface area (Å²) in [6, 6.07) is 0. The van der Waals surface area contributed by atoms with E-state index in [0.29, 0.717) is 0 Å². The van der Waals surface area contributed by atoms with Crippen LogP contribution < -0.4 is 5.32 Å². The zero-order chi connectivity index (χ0) is 23.1. The average Bonchev–Trinajstić information content (AvgIpc) is 3.07. The monoisotopic (exact) mass is 428 g/mol. The van der Waals surface area contributed by atoms with Crippen molar-refractivity contribution < 1.29 is 47.4 Å². The summed E-state index contributed by atoms with van der Waals surface area (Å²) in [5.41, 5.74) is -1.97. The minimum Gasteiger partial charge on any atom is -0.468 e. The van der Waals surface area contributed by atoms with Gasteiger partial charge < -0.3 is 28.8 Å². The Hall–Kier alpha value is -3.44. The Balaban J connectivity index is 3.49. The van der Waals surface area contributed by atoms with E-state index >= 15 is 0 Å². The van der Waals surface area contributed by atoms with Gasteiger partial charge in [0, 0.05) is 25.3 Å². The zero-order valence-electron chi connectivity index (χ0n) is 17.5. The number of aromatic nitrogens is 1. The van der Waals surface area contributed by atoms with Gasteiger partial charge in [-0.2, -0.15) is 0 Å². The molecule has 1 N–H and O–H groups in total. The first-order valence-electron chi connectivity index (χ1n) is 8.63. The maximum Gasteiger partial charge on any atom is 0.343 e. The molecule has 0 radical (unpaired) electrons. The molecule has 1 heterocycles. The topological polar surface area (TPSA) is 160 Å². The van der Waals surface area contributed by atoms with Crippen molar-refractivity contribution in [1.29, 1.82) is 0 Å². The first kappa shape index (κ1) is 24.6. The molecule has 1 rings (SSSR count). The molecule has 0 aliphatic rings. The van der Waals surface area contributed by atoms with Crippen LogP contribution in [0.4, 0.5) is 0 Å². The lowest BCUT2D eigenvalue weighted by atomic mass is 9.87. The van der Waals surface area contributed by atoms with E-state index in [1.807, 2.05) is 0 Å². The van der Waals surface area contributed by atoms with Gasteiger partial charge in [0.2, 0.25) is 11.4 Å². The van der Waals surface area contributed by atoms with Gasteiger partial charge in [-0.1, -0.05) is 5.16 Å². The summed E-state index contributed by atoms with van der Waals surface area (Å²) < 4.78 is 23.8.